The fourth-order valence-electron chi connectivity index (χ4n) is 2.23. The molecule has 2 aromatic rings. The Morgan fingerprint density at radius 2 is 1.75 bits per heavy atom. The molecule has 0 saturated carbocycles. The molecule has 0 aliphatic rings. The van der Waals surface area contributed by atoms with Gasteiger partial charge in [-0.15, -0.1) is 0 Å². The second kappa shape index (κ2) is 6.19. The Morgan fingerprint density at radius 1 is 1.05 bits per heavy atom. The molecule has 0 bridgehead atoms. The minimum Gasteiger partial charge on any atom is -0.496 e. The minimum absolute atomic E-state index is 0.0137. The van der Waals surface area contributed by atoms with Crippen molar-refractivity contribution < 1.29 is 19.4 Å². The maximum absolute atomic E-state index is 12.2. The molecule has 0 aliphatic heterocycles. The van der Waals surface area contributed by atoms with Crippen molar-refractivity contribution in [3.8, 4) is 5.75 Å². The van der Waals surface area contributed by atoms with Crippen LogP contribution in [0, 0.1) is 0 Å². The van der Waals surface area contributed by atoms with Crippen LogP contribution >= 0.6 is 0 Å². The molecule has 0 heterocycles. The Kier molecular flexibility index (Phi) is 4.35. The van der Waals surface area contributed by atoms with Crippen LogP contribution in [-0.4, -0.2) is 24.0 Å². The highest BCUT2D eigenvalue weighted by Gasteiger charge is 2.12. The van der Waals surface area contributed by atoms with Gasteiger partial charge in [-0.05, 0) is 23.9 Å². The number of hydrogen-bond acceptors (Lipinski definition) is 3. The van der Waals surface area contributed by atoms with Gasteiger partial charge in [-0.2, -0.15) is 0 Å². The Morgan fingerprint density at radius 3 is 2.40 bits per heavy atom. The van der Waals surface area contributed by atoms with E-state index in [1.54, 1.807) is 19.2 Å². The standard InChI is InChI=1S/C16H16O4/c1-20-15-10-9-12(11-5-2-3-6-13(11)15)14(17)7-4-8-16(18)19/h2-3,5-6,9-10H,4,7-8H2,1H3,(H,18,19). The van der Waals surface area contributed by atoms with E-state index in [0.717, 1.165) is 16.5 Å². The second-order valence-electron chi connectivity index (χ2n) is 4.53. The number of carboxylic acids is 1. The summed E-state index contributed by atoms with van der Waals surface area (Å²) in [7, 11) is 1.59. The third-order valence-electron chi connectivity index (χ3n) is 3.20. The average molecular weight is 272 g/mol. The Bertz CT molecular complexity index is 646. The van der Waals surface area contributed by atoms with Gasteiger partial charge in [-0.3, -0.25) is 9.59 Å². The number of fused-ring (bicyclic) bond motifs is 1. The molecule has 2 rings (SSSR count). The van der Waals surface area contributed by atoms with Gasteiger partial charge in [0, 0.05) is 23.8 Å². The lowest BCUT2D eigenvalue weighted by Gasteiger charge is -2.09. The van der Waals surface area contributed by atoms with Crippen LogP contribution in [0.5, 0.6) is 5.75 Å². The van der Waals surface area contributed by atoms with Gasteiger partial charge in [-0.25, -0.2) is 0 Å². The molecule has 1 N–H and O–H groups in total. The topological polar surface area (TPSA) is 63.6 Å². The van der Waals surface area contributed by atoms with Gasteiger partial charge in [0.25, 0.3) is 0 Å². The lowest BCUT2D eigenvalue weighted by molar-refractivity contribution is -0.137. The van der Waals surface area contributed by atoms with E-state index >= 15 is 0 Å². The third kappa shape index (κ3) is 2.96. The largest absolute Gasteiger partial charge is 0.496 e. The fraction of sp³-hybridized carbons (Fsp3) is 0.250. The molecular formula is C16H16O4. The molecule has 0 unspecified atom stereocenters. The van der Waals surface area contributed by atoms with Crippen LogP contribution in [0.25, 0.3) is 10.8 Å². The molecule has 104 valence electrons. The molecule has 0 spiro atoms. The Balaban J connectivity index is 2.30. The molecule has 0 aromatic heterocycles. The van der Waals surface area contributed by atoms with Gasteiger partial charge >= 0.3 is 5.97 Å². The highest BCUT2D eigenvalue weighted by molar-refractivity contribution is 6.09. The number of hydrogen-bond donors (Lipinski definition) is 1. The number of carbonyl (C=O) groups excluding carboxylic acids is 1. The van der Waals surface area contributed by atoms with Crippen molar-refractivity contribution in [2.75, 3.05) is 7.11 Å². The van der Waals surface area contributed by atoms with Crippen LogP contribution in [0.15, 0.2) is 36.4 Å². The molecule has 0 radical (unpaired) electrons. The van der Waals surface area contributed by atoms with Gasteiger partial charge in [0.2, 0.25) is 0 Å². The molecule has 20 heavy (non-hydrogen) atoms. The first kappa shape index (κ1) is 14.1. The van der Waals surface area contributed by atoms with Crippen LogP contribution in [0.1, 0.15) is 29.6 Å². The summed E-state index contributed by atoms with van der Waals surface area (Å²) in [5, 5.41) is 10.3. The zero-order valence-corrected chi connectivity index (χ0v) is 11.3. The van der Waals surface area contributed by atoms with Crippen molar-refractivity contribution in [3.63, 3.8) is 0 Å². The normalized spacial score (nSPS) is 10.4. The highest BCUT2D eigenvalue weighted by Crippen LogP contribution is 2.29. The first-order chi connectivity index (χ1) is 9.63. The monoisotopic (exact) mass is 272 g/mol. The van der Waals surface area contributed by atoms with Crippen molar-refractivity contribution >= 4 is 22.5 Å². The molecule has 4 heteroatoms. The number of ketones is 1. The van der Waals surface area contributed by atoms with Crippen molar-refractivity contribution in [1.29, 1.82) is 0 Å². The lowest BCUT2D eigenvalue weighted by atomic mass is 9.98. The quantitative estimate of drug-likeness (QED) is 0.819. The van der Waals surface area contributed by atoms with E-state index in [9.17, 15) is 9.59 Å². The predicted molar refractivity (Wildman–Crippen MR) is 76.3 cm³/mol. The molecular weight excluding hydrogens is 256 g/mol. The zero-order chi connectivity index (χ0) is 14.5. The van der Waals surface area contributed by atoms with Crippen LogP contribution < -0.4 is 4.74 Å². The number of rotatable bonds is 6. The number of methoxy groups -OCH3 is 1. The molecule has 0 aliphatic carbocycles. The van der Waals surface area contributed by atoms with E-state index in [1.165, 1.54) is 0 Å². The number of benzene rings is 2. The first-order valence-electron chi connectivity index (χ1n) is 6.44. The van der Waals surface area contributed by atoms with Gasteiger partial charge in [0.05, 0.1) is 7.11 Å². The van der Waals surface area contributed by atoms with Crippen molar-refractivity contribution in [1.82, 2.24) is 0 Å². The number of aliphatic carboxylic acids is 1. The smallest absolute Gasteiger partial charge is 0.303 e. The van der Waals surface area contributed by atoms with Crippen LogP contribution in [0.3, 0.4) is 0 Å². The summed E-state index contributed by atoms with van der Waals surface area (Å²) >= 11 is 0. The Hall–Kier alpha value is -2.36. The van der Waals surface area contributed by atoms with E-state index in [1.807, 2.05) is 24.3 Å². The molecule has 0 amide bonds. The summed E-state index contributed by atoms with van der Waals surface area (Å²) in [4.78, 5) is 22.7. The van der Waals surface area contributed by atoms with Crippen LogP contribution in [0.4, 0.5) is 0 Å². The average Bonchev–Trinajstić information content (AvgIpc) is 2.45. The molecule has 0 fully saturated rings. The summed E-state index contributed by atoms with van der Waals surface area (Å²) < 4.78 is 5.29. The lowest BCUT2D eigenvalue weighted by Crippen LogP contribution is -2.03. The van der Waals surface area contributed by atoms with E-state index in [-0.39, 0.29) is 18.6 Å². The minimum atomic E-state index is -0.877. The summed E-state index contributed by atoms with van der Waals surface area (Å²) in [5.74, 6) is -0.190. The van der Waals surface area contributed by atoms with E-state index in [2.05, 4.69) is 0 Å². The Labute approximate surface area is 117 Å². The molecule has 4 nitrogen and oxygen atoms in total. The van der Waals surface area contributed by atoms with E-state index in [4.69, 9.17) is 9.84 Å². The van der Waals surface area contributed by atoms with E-state index < -0.39 is 5.97 Å². The van der Waals surface area contributed by atoms with Gasteiger partial charge in [0.15, 0.2) is 5.78 Å². The zero-order valence-electron chi connectivity index (χ0n) is 11.3. The maximum atomic E-state index is 12.2. The van der Waals surface area contributed by atoms with Crippen LogP contribution in [-0.2, 0) is 4.79 Å². The predicted octanol–water partition coefficient (Wildman–Crippen LogP) is 3.29. The van der Waals surface area contributed by atoms with Gasteiger partial charge in [0.1, 0.15) is 5.75 Å². The van der Waals surface area contributed by atoms with Crippen molar-refractivity contribution in [3.05, 3.63) is 42.0 Å². The number of ether oxygens (including phenoxy) is 1. The van der Waals surface area contributed by atoms with Gasteiger partial charge in [-0.1, -0.05) is 24.3 Å². The molecule has 0 saturated heterocycles. The third-order valence-corrected chi connectivity index (χ3v) is 3.20. The summed E-state index contributed by atoms with van der Waals surface area (Å²) in [6, 6.07) is 11.1. The number of carboxylic acid groups (broad SMARTS) is 1. The van der Waals surface area contributed by atoms with Crippen molar-refractivity contribution in [2.24, 2.45) is 0 Å². The summed E-state index contributed by atoms with van der Waals surface area (Å²) in [6.07, 6.45) is 0.608. The molecule has 0 atom stereocenters. The summed E-state index contributed by atoms with van der Waals surface area (Å²) in [5.41, 5.74) is 0.617. The number of carbonyl (C=O) groups is 2. The SMILES string of the molecule is COc1ccc(C(=O)CCCC(=O)O)c2ccccc12. The van der Waals surface area contributed by atoms with Gasteiger partial charge < -0.3 is 9.84 Å². The highest BCUT2D eigenvalue weighted by atomic mass is 16.5. The molecule has 2 aromatic carbocycles. The fourth-order valence-corrected chi connectivity index (χ4v) is 2.23. The van der Waals surface area contributed by atoms with Crippen LogP contribution in [0.2, 0.25) is 0 Å². The van der Waals surface area contributed by atoms with Crippen molar-refractivity contribution in [2.45, 2.75) is 19.3 Å². The summed E-state index contributed by atoms with van der Waals surface area (Å²) in [6.45, 7) is 0. The first-order valence-corrected chi connectivity index (χ1v) is 6.44. The maximum Gasteiger partial charge on any atom is 0.303 e. The number of Topliss-reactive ketones (excluding diaryl/α,β-unsaturated/α-hetero) is 1. The second-order valence-corrected chi connectivity index (χ2v) is 4.53. The van der Waals surface area contributed by atoms with E-state index in [0.29, 0.717) is 12.0 Å².